The number of nitrogens with zero attached hydrogens (tertiary/aromatic N) is 4. The Morgan fingerprint density at radius 1 is 1.46 bits per heavy atom. The van der Waals surface area contributed by atoms with Gasteiger partial charge in [-0.25, -0.2) is 4.98 Å². The van der Waals surface area contributed by atoms with Crippen molar-refractivity contribution in [1.82, 2.24) is 14.8 Å². The second-order valence-corrected chi connectivity index (χ2v) is 7.40. The molecule has 26 heavy (non-hydrogen) atoms. The normalized spacial score (nSPS) is 24.0. The first-order valence-electron chi connectivity index (χ1n) is 9.06. The van der Waals surface area contributed by atoms with Gasteiger partial charge in [-0.1, -0.05) is 31.5 Å². The van der Waals surface area contributed by atoms with Gasteiger partial charge in [-0.2, -0.15) is 0 Å². The van der Waals surface area contributed by atoms with Gasteiger partial charge in [0.15, 0.2) is 5.82 Å². The van der Waals surface area contributed by atoms with Crippen molar-refractivity contribution >= 4 is 11.6 Å². The SMILES string of the molecule is CCC(C)OC1CC(C)C([N+](=O)[O-])=C2N(Cc3ccc(Cl)nc3)CCN21. The summed E-state index contributed by atoms with van der Waals surface area (Å²) in [6.45, 7) is 8.06. The smallest absolute Gasteiger partial charge is 0.289 e. The number of allylic oxidation sites excluding steroid dienone is 1. The van der Waals surface area contributed by atoms with E-state index >= 15 is 0 Å². The largest absolute Gasteiger partial charge is 0.355 e. The molecule has 3 atom stereocenters. The third-order valence-electron chi connectivity index (χ3n) is 5.10. The van der Waals surface area contributed by atoms with Gasteiger partial charge in [0.2, 0.25) is 0 Å². The topological polar surface area (TPSA) is 71.7 Å². The Labute approximate surface area is 158 Å². The van der Waals surface area contributed by atoms with Gasteiger partial charge in [-0.15, -0.1) is 0 Å². The van der Waals surface area contributed by atoms with Crippen LogP contribution in [0.4, 0.5) is 0 Å². The minimum Gasteiger partial charge on any atom is -0.355 e. The van der Waals surface area contributed by atoms with Crippen molar-refractivity contribution in [2.75, 3.05) is 13.1 Å². The van der Waals surface area contributed by atoms with E-state index in [0.717, 1.165) is 25.1 Å². The van der Waals surface area contributed by atoms with Crippen LogP contribution in [0.2, 0.25) is 5.15 Å². The summed E-state index contributed by atoms with van der Waals surface area (Å²) in [6.07, 6.45) is 3.28. The molecular formula is C18H25ClN4O3. The third kappa shape index (κ3) is 3.78. The fourth-order valence-corrected chi connectivity index (χ4v) is 3.71. The van der Waals surface area contributed by atoms with Gasteiger partial charge in [-0.3, -0.25) is 10.1 Å². The van der Waals surface area contributed by atoms with Crippen LogP contribution in [0.5, 0.6) is 0 Å². The lowest BCUT2D eigenvalue weighted by Gasteiger charge is -2.38. The minimum atomic E-state index is -0.231. The number of pyridine rings is 1. The zero-order chi connectivity index (χ0) is 18.8. The predicted octanol–water partition coefficient (Wildman–Crippen LogP) is 3.48. The summed E-state index contributed by atoms with van der Waals surface area (Å²) in [5.41, 5.74) is 1.26. The molecule has 0 aromatic carbocycles. The van der Waals surface area contributed by atoms with E-state index in [2.05, 4.69) is 21.7 Å². The number of ether oxygens (including phenoxy) is 1. The van der Waals surface area contributed by atoms with E-state index in [-0.39, 0.29) is 28.9 Å². The lowest BCUT2D eigenvalue weighted by Crippen LogP contribution is -2.44. The Hall–Kier alpha value is -1.86. The number of aromatic nitrogens is 1. The third-order valence-corrected chi connectivity index (χ3v) is 5.33. The summed E-state index contributed by atoms with van der Waals surface area (Å²) in [6, 6.07) is 3.65. The highest BCUT2D eigenvalue weighted by molar-refractivity contribution is 6.29. The molecule has 0 N–H and O–H groups in total. The van der Waals surface area contributed by atoms with Gasteiger partial charge in [0.25, 0.3) is 5.70 Å². The molecule has 8 heteroatoms. The summed E-state index contributed by atoms with van der Waals surface area (Å²) in [5, 5.41) is 12.2. The molecule has 2 aliphatic heterocycles. The summed E-state index contributed by atoms with van der Waals surface area (Å²) < 4.78 is 6.18. The van der Waals surface area contributed by atoms with Crippen molar-refractivity contribution in [3.05, 3.63) is 50.7 Å². The highest BCUT2D eigenvalue weighted by Gasteiger charge is 2.45. The molecule has 0 spiro atoms. The number of hydrogen-bond acceptors (Lipinski definition) is 6. The van der Waals surface area contributed by atoms with Crippen LogP contribution in [-0.2, 0) is 11.3 Å². The predicted molar refractivity (Wildman–Crippen MR) is 98.8 cm³/mol. The average Bonchev–Trinajstić information content (AvgIpc) is 3.00. The number of halogens is 1. The molecule has 3 unspecified atom stereocenters. The Balaban J connectivity index is 1.90. The number of hydrogen-bond donors (Lipinski definition) is 0. The Morgan fingerprint density at radius 2 is 2.23 bits per heavy atom. The summed E-state index contributed by atoms with van der Waals surface area (Å²) in [7, 11) is 0. The maximum atomic E-state index is 11.8. The lowest BCUT2D eigenvalue weighted by molar-refractivity contribution is -0.440. The first-order valence-corrected chi connectivity index (χ1v) is 9.44. The highest BCUT2D eigenvalue weighted by Crippen LogP contribution is 2.38. The number of rotatable bonds is 6. The van der Waals surface area contributed by atoms with Crippen LogP contribution in [-0.4, -0.2) is 45.1 Å². The van der Waals surface area contributed by atoms with Crippen molar-refractivity contribution in [2.24, 2.45) is 5.92 Å². The molecule has 3 heterocycles. The van der Waals surface area contributed by atoms with Crippen LogP contribution in [0.25, 0.3) is 0 Å². The fourth-order valence-electron chi connectivity index (χ4n) is 3.60. The standard InChI is InChI=1S/C18H25ClN4O3/c1-4-13(3)26-16-9-12(2)17(23(24)25)18-21(7-8-22(16)18)11-14-5-6-15(19)20-10-14/h5-6,10,12-13,16H,4,7-9,11H2,1-3H3. The highest BCUT2D eigenvalue weighted by atomic mass is 35.5. The van der Waals surface area contributed by atoms with E-state index < -0.39 is 0 Å². The second kappa shape index (κ2) is 7.80. The van der Waals surface area contributed by atoms with Gasteiger partial charge >= 0.3 is 0 Å². The monoisotopic (exact) mass is 380 g/mol. The van der Waals surface area contributed by atoms with Crippen LogP contribution in [0, 0.1) is 16.0 Å². The van der Waals surface area contributed by atoms with Crippen molar-refractivity contribution in [2.45, 2.75) is 52.5 Å². The molecule has 1 saturated heterocycles. The van der Waals surface area contributed by atoms with Gasteiger partial charge in [0, 0.05) is 32.3 Å². The molecule has 0 radical (unpaired) electrons. The van der Waals surface area contributed by atoms with E-state index in [1.54, 1.807) is 12.3 Å². The maximum Gasteiger partial charge on any atom is 0.289 e. The molecular weight excluding hydrogens is 356 g/mol. The first kappa shape index (κ1) is 18.9. The molecule has 142 valence electrons. The van der Waals surface area contributed by atoms with Crippen molar-refractivity contribution in [3.63, 3.8) is 0 Å². The molecule has 1 fully saturated rings. The van der Waals surface area contributed by atoms with Crippen LogP contribution in [0.15, 0.2) is 29.8 Å². The van der Waals surface area contributed by atoms with Crippen LogP contribution < -0.4 is 0 Å². The van der Waals surface area contributed by atoms with E-state index in [0.29, 0.717) is 23.9 Å². The van der Waals surface area contributed by atoms with E-state index in [1.807, 2.05) is 19.9 Å². The summed E-state index contributed by atoms with van der Waals surface area (Å²) in [4.78, 5) is 19.8. The lowest BCUT2D eigenvalue weighted by atomic mass is 9.98. The zero-order valence-electron chi connectivity index (χ0n) is 15.4. The van der Waals surface area contributed by atoms with Crippen molar-refractivity contribution in [1.29, 1.82) is 0 Å². The van der Waals surface area contributed by atoms with Gasteiger partial charge in [0.1, 0.15) is 11.4 Å². The molecule has 3 rings (SSSR count). The number of nitro groups is 1. The van der Waals surface area contributed by atoms with Crippen LogP contribution >= 0.6 is 11.6 Å². The Morgan fingerprint density at radius 3 is 2.85 bits per heavy atom. The zero-order valence-corrected chi connectivity index (χ0v) is 16.1. The quantitative estimate of drug-likeness (QED) is 0.427. The van der Waals surface area contributed by atoms with E-state index in [4.69, 9.17) is 16.3 Å². The van der Waals surface area contributed by atoms with Gasteiger partial charge in [-0.05, 0) is 25.0 Å². The Kier molecular flexibility index (Phi) is 5.67. The minimum absolute atomic E-state index is 0.119. The first-order chi connectivity index (χ1) is 12.4. The van der Waals surface area contributed by atoms with Gasteiger partial charge in [0.05, 0.1) is 16.9 Å². The molecule has 0 amide bonds. The molecule has 1 aromatic rings. The fraction of sp³-hybridized carbons (Fsp3) is 0.611. The van der Waals surface area contributed by atoms with Gasteiger partial charge < -0.3 is 14.5 Å². The molecule has 0 bridgehead atoms. The van der Waals surface area contributed by atoms with Crippen molar-refractivity contribution in [3.8, 4) is 0 Å². The van der Waals surface area contributed by atoms with E-state index in [1.165, 1.54) is 0 Å². The van der Waals surface area contributed by atoms with E-state index in [9.17, 15) is 10.1 Å². The summed E-state index contributed by atoms with van der Waals surface area (Å²) >= 11 is 5.86. The number of fused-ring (bicyclic) bond motifs is 1. The molecule has 7 nitrogen and oxygen atoms in total. The second-order valence-electron chi connectivity index (χ2n) is 7.02. The average molecular weight is 381 g/mol. The van der Waals surface area contributed by atoms with Crippen molar-refractivity contribution < 1.29 is 9.66 Å². The molecule has 1 aromatic heterocycles. The molecule has 0 saturated carbocycles. The Bertz CT molecular complexity index is 694. The van der Waals surface area contributed by atoms with Crippen LogP contribution in [0.3, 0.4) is 0 Å². The maximum absolute atomic E-state index is 11.8. The summed E-state index contributed by atoms with van der Waals surface area (Å²) in [5.74, 6) is 0.534. The van der Waals surface area contributed by atoms with Crippen LogP contribution in [0.1, 0.15) is 39.2 Å². The molecule has 0 aliphatic carbocycles. The molecule has 2 aliphatic rings.